The third kappa shape index (κ3) is 4.97. The van der Waals surface area contributed by atoms with Crippen LogP contribution in [0.3, 0.4) is 0 Å². The van der Waals surface area contributed by atoms with Crippen LogP contribution in [-0.2, 0) is 15.7 Å². The van der Waals surface area contributed by atoms with E-state index >= 15 is 0 Å². The minimum Gasteiger partial charge on any atom is -0.496 e. The van der Waals surface area contributed by atoms with Crippen molar-refractivity contribution in [1.29, 1.82) is 0 Å². The molecule has 5 nitrogen and oxygen atoms in total. The lowest BCUT2D eigenvalue weighted by atomic mass is 10.2. The molecule has 0 radical (unpaired) electrons. The van der Waals surface area contributed by atoms with Gasteiger partial charge < -0.3 is 14.8 Å². The van der Waals surface area contributed by atoms with Gasteiger partial charge in [0.2, 0.25) is 0 Å². The minimum absolute atomic E-state index is 0.159. The van der Waals surface area contributed by atoms with Crippen molar-refractivity contribution in [3.63, 3.8) is 0 Å². The third-order valence-corrected chi connectivity index (χ3v) is 3.16. The van der Waals surface area contributed by atoms with Crippen molar-refractivity contribution in [1.82, 2.24) is 0 Å². The van der Waals surface area contributed by atoms with E-state index in [2.05, 4.69) is 5.32 Å². The van der Waals surface area contributed by atoms with Gasteiger partial charge in [0.1, 0.15) is 11.3 Å². The first-order valence-electron chi connectivity index (χ1n) is 7.08. The zero-order valence-corrected chi connectivity index (χ0v) is 13.1. The lowest BCUT2D eigenvalue weighted by Crippen LogP contribution is -2.21. The fourth-order valence-electron chi connectivity index (χ4n) is 1.96. The highest BCUT2D eigenvalue weighted by Gasteiger charge is 2.30. The van der Waals surface area contributed by atoms with Gasteiger partial charge in [0.15, 0.2) is 6.61 Å². The lowest BCUT2D eigenvalue weighted by Gasteiger charge is -2.10. The van der Waals surface area contributed by atoms with Crippen LogP contribution in [0.1, 0.15) is 15.9 Å². The molecule has 0 heterocycles. The van der Waals surface area contributed by atoms with Crippen molar-refractivity contribution in [2.75, 3.05) is 19.0 Å². The normalized spacial score (nSPS) is 10.9. The van der Waals surface area contributed by atoms with Gasteiger partial charge in [-0.15, -0.1) is 0 Å². The number of nitrogens with one attached hydrogen (secondary N) is 1. The number of amides is 1. The maximum Gasteiger partial charge on any atom is 0.416 e. The maximum atomic E-state index is 12.5. The lowest BCUT2D eigenvalue weighted by molar-refractivity contribution is -0.137. The largest absolute Gasteiger partial charge is 0.496 e. The minimum atomic E-state index is -4.45. The number of benzene rings is 2. The number of ether oxygens (including phenoxy) is 2. The molecule has 0 aliphatic carbocycles. The number of halogens is 3. The molecule has 25 heavy (non-hydrogen) atoms. The van der Waals surface area contributed by atoms with E-state index in [-0.39, 0.29) is 11.3 Å². The number of carbonyl (C=O) groups excluding carboxylic acids is 2. The molecule has 2 aromatic rings. The molecule has 0 saturated carbocycles. The summed E-state index contributed by atoms with van der Waals surface area (Å²) < 4.78 is 47.3. The van der Waals surface area contributed by atoms with E-state index in [1.54, 1.807) is 18.2 Å². The van der Waals surface area contributed by atoms with E-state index in [4.69, 9.17) is 9.47 Å². The van der Waals surface area contributed by atoms with E-state index in [1.165, 1.54) is 13.2 Å². The van der Waals surface area contributed by atoms with Crippen LogP contribution in [-0.4, -0.2) is 25.6 Å². The van der Waals surface area contributed by atoms with E-state index in [0.717, 1.165) is 24.3 Å². The molecule has 0 atom stereocenters. The summed E-state index contributed by atoms with van der Waals surface area (Å²) in [4.78, 5) is 23.7. The van der Waals surface area contributed by atoms with Crippen molar-refractivity contribution in [3.05, 3.63) is 59.7 Å². The van der Waals surface area contributed by atoms with Gasteiger partial charge in [-0.3, -0.25) is 4.79 Å². The molecular weight excluding hydrogens is 339 g/mol. The van der Waals surface area contributed by atoms with Crippen molar-refractivity contribution in [2.24, 2.45) is 0 Å². The Morgan fingerprint density at radius 3 is 2.28 bits per heavy atom. The summed E-state index contributed by atoms with van der Waals surface area (Å²) in [6.07, 6.45) is -4.45. The van der Waals surface area contributed by atoms with Crippen molar-refractivity contribution >= 4 is 17.6 Å². The average Bonchev–Trinajstić information content (AvgIpc) is 2.59. The van der Waals surface area contributed by atoms with Crippen LogP contribution < -0.4 is 10.1 Å². The van der Waals surface area contributed by atoms with Crippen LogP contribution >= 0.6 is 0 Å². The maximum absolute atomic E-state index is 12.5. The smallest absolute Gasteiger partial charge is 0.416 e. The van der Waals surface area contributed by atoms with Crippen molar-refractivity contribution in [3.8, 4) is 5.75 Å². The number of carbonyl (C=O) groups is 2. The zero-order chi connectivity index (χ0) is 18.4. The molecule has 0 bridgehead atoms. The quantitative estimate of drug-likeness (QED) is 0.836. The number of anilines is 1. The molecule has 0 saturated heterocycles. The summed E-state index contributed by atoms with van der Waals surface area (Å²) >= 11 is 0. The van der Waals surface area contributed by atoms with Gasteiger partial charge in [-0.25, -0.2) is 4.79 Å². The van der Waals surface area contributed by atoms with E-state index in [1.807, 2.05) is 0 Å². The fourth-order valence-corrected chi connectivity index (χ4v) is 1.96. The van der Waals surface area contributed by atoms with E-state index in [9.17, 15) is 22.8 Å². The van der Waals surface area contributed by atoms with E-state index < -0.39 is 30.2 Å². The second-order valence-corrected chi connectivity index (χ2v) is 4.90. The molecule has 2 rings (SSSR count). The number of alkyl halides is 3. The Labute approximate surface area is 141 Å². The Balaban J connectivity index is 1.91. The van der Waals surface area contributed by atoms with Gasteiger partial charge in [-0.1, -0.05) is 12.1 Å². The molecule has 8 heteroatoms. The number of hydrogen-bond donors (Lipinski definition) is 1. The summed E-state index contributed by atoms with van der Waals surface area (Å²) in [5, 5.41) is 2.34. The molecule has 0 unspecified atom stereocenters. The van der Waals surface area contributed by atoms with E-state index in [0.29, 0.717) is 5.75 Å². The Bertz CT molecular complexity index is 757. The molecule has 1 amide bonds. The Hall–Kier alpha value is -3.03. The standard InChI is InChI=1S/C17H14F3NO4/c1-24-14-5-3-2-4-13(14)16(23)25-10-15(22)21-12-8-6-11(7-9-12)17(18,19)20/h2-9H,10H2,1H3,(H,21,22). The van der Waals surface area contributed by atoms with Crippen molar-refractivity contribution < 1.29 is 32.2 Å². The molecule has 1 N–H and O–H groups in total. The molecule has 2 aromatic carbocycles. The van der Waals surface area contributed by atoms with Crippen LogP contribution in [0.25, 0.3) is 0 Å². The molecule has 0 aliphatic rings. The van der Waals surface area contributed by atoms with Crippen LogP contribution in [0.2, 0.25) is 0 Å². The molecule has 132 valence electrons. The third-order valence-electron chi connectivity index (χ3n) is 3.16. The second-order valence-electron chi connectivity index (χ2n) is 4.90. The van der Waals surface area contributed by atoms with Crippen LogP contribution in [0.15, 0.2) is 48.5 Å². The summed E-state index contributed by atoms with van der Waals surface area (Å²) in [6, 6.07) is 10.3. The summed E-state index contributed by atoms with van der Waals surface area (Å²) in [6.45, 7) is -0.585. The number of methoxy groups -OCH3 is 1. The van der Waals surface area contributed by atoms with Crippen LogP contribution in [0, 0.1) is 0 Å². The fraction of sp³-hybridized carbons (Fsp3) is 0.176. The highest BCUT2D eigenvalue weighted by molar-refractivity contribution is 5.96. The van der Waals surface area contributed by atoms with Crippen LogP contribution in [0.5, 0.6) is 5.75 Å². The average molecular weight is 353 g/mol. The molecule has 0 aliphatic heterocycles. The highest BCUT2D eigenvalue weighted by Crippen LogP contribution is 2.29. The number of hydrogen-bond acceptors (Lipinski definition) is 4. The van der Waals surface area contributed by atoms with Crippen LogP contribution in [0.4, 0.5) is 18.9 Å². The molecular formula is C17H14F3NO4. The Morgan fingerprint density at radius 1 is 1.04 bits per heavy atom. The van der Waals surface area contributed by atoms with Gasteiger partial charge in [0, 0.05) is 5.69 Å². The topological polar surface area (TPSA) is 64.6 Å². The number of esters is 1. The van der Waals surface area contributed by atoms with Crippen molar-refractivity contribution in [2.45, 2.75) is 6.18 Å². The number of para-hydroxylation sites is 1. The predicted octanol–water partition coefficient (Wildman–Crippen LogP) is 3.51. The van der Waals surface area contributed by atoms with Gasteiger partial charge in [-0.2, -0.15) is 13.2 Å². The van der Waals surface area contributed by atoms with Gasteiger partial charge in [0.25, 0.3) is 5.91 Å². The molecule has 0 aromatic heterocycles. The second kappa shape index (κ2) is 7.69. The first-order valence-corrected chi connectivity index (χ1v) is 7.08. The molecule has 0 fully saturated rings. The Morgan fingerprint density at radius 2 is 1.68 bits per heavy atom. The summed E-state index contributed by atoms with van der Waals surface area (Å²) in [5.74, 6) is -1.13. The van der Waals surface area contributed by atoms with Gasteiger partial charge in [-0.05, 0) is 36.4 Å². The Kier molecular flexibility index (Phi) is 5.63. The monoisotopic (exact) mass is 353 g/mol. The zero-order valence-electron chi connectivity index (χ0n) is 13.1. The predicted molar refractivity (Wildman–Crippen MR) is 83.4 cm³/mol. The first kappa shape index (κ1) is 18.3. The number of rotatable bonds is 5. The molecule has 0 spiro atoms. The highest BCUT2D eigenvalue weighted by atomic mass is 19.4. The first-order chi connectivity index (χ1) is 11.8. The van der Waals surface area contributed by atoms with Gasteiger partial charge >= 0.3 is 12.1 Å². The SMILES string of the molecule is COc1ccccc1C(=O)OCC(=O)Nc1ccc(C(F)(F)F)cc1. The summed E-state index contributed by atoms with van der Waals surface area (Å²) in [7, 11) is 1.39. The van der Waals surface area contributed by atoms with Gasteiger partial charge in [0.05, 0.1) is 12.7 Å². The summed E-state index contributed by atoms with van der Waals surface area (Å²) in [5.41, 5.74) is -0.508.